The molecule has 3 saturated heterocycles. The molecule has 3 aromatic rings. The van der Waals surface area contributed by atoms with Gasteiger partial charge in [-0.2, -0.15) is 0 Å². The largest absolute Gasteiger partial charge is 0.508 e. The summed E-state index contributed by atoms with van der Waals surface area (Å²) in [4.78, 5) is 51.5. The van der Waals surface area contributed by atoms with Gasteiger partial charge >= 0.3 is 0 Å². The Morgan fingerprint density at radius 1 is 0.759 bits per heavy atom. The number of aryl methyl sites for hydroxylation is 1. The van der Waals surface area contributed by atoms with Gasteiger partial charge in [0, 0.05) is 82.1 Å². The lowest BCUT2D eigenvalue weighted by molar-refractivity contribution is -0.136. The average Bonchev–Trinajstić information content (AvgIpc) is 3.53. The number of fused-ring (bicyclic) bond motifs is 2. The van der Waals surface area contributed by atoms with Gasteiger partial charge < -0.3 is 19.8 Å². The van der Waals surface area contributed by atoms with Crippen LogP contribution in [-0.2, 0) is 22.6 Å². The Hall–Kier alpha value is -4.44. The minimum Gasteiger partial charge on any atom is -0.508 e. The Morgan fingerprint density at radius 3 is 2.33 bits per heavy atom. The van der Waals surface area contributed by atoms with Crippen molar-refractivity contribution in [1.82, 2.24) is 20.1 Å². The molecule has 3 atom stereocenters. The molecule has 5 heterocycles. The molecule has 1 saturated carbocycles. The van der Waals surface area contributed by atoms with Gasteiger partial charge in [-0.15, -0.1) is 0 Å². The van der Waals surface area contributed by atoms with Crippen LogP contribution in [0.3, 0.4) is 0 Å². The van der Waals surface area contributed by atoms with Crippen LogP contribution >= 0.6 is 0 Å². The molecule has 0 spiro atoms. The number of pyridine rings is 1. The van der Waals surface area contributed by atoms with Gasteiger partial charge in [-0.3, -0.25) is 24.6 Å². The van der Waals surface area contributed by atoms with E-state index in [9.17, 15) is 19.5 Å². The number of imide groups is 1. The molecule has 1 aromatic heterocycles. The van der Waals surface area contributed by atoms with E-state index in [0.717, 1.165) is 75.2 Å². The summed E-state index contributed by atoms with van der Waals surface area (Å²) >= 11 is 0. The Morgan fingerprint density at radius 2 is 1.57 bits per heavy atom. The van der Waals surface area contributed by atoms with Crippen LogP contribution in [0.15, 0.2) is 54.7 Å². The Balaban J connectivity index is 0.773. The van der Waals surface area contributed by atoms with Crippen LogP contribution < -0.4 is 15.1 Å². The number of hydrogen-bond acceptors (Lipinski definition) is 8. The first kappa shape index (κ1) is 35.3. The molecule has 10 heteroatoms. The highest BCUT2D eigenvalue weighted by atomic mass is 16.3. The number of piperidine rings is 2. The first-order chi connectivity index (χ1) is 26.4. The van der Waals surface area contributed by atoms with Crippen molar-refractivity contribution in [3.8, 4) is 5.75 Å². The summed E-state index contributed by atoms with van der Waals surface area (Å²) in [6, 6.07) is 16.2. The van der Waals surface area contributed by atoms with E-state index in [1.165, 1.54) is 68.1 Å². The van der Waals surface area contributed by atoms with Crippen molar-refractivity contribution in [3.05, 3.63) is 82.5 Å². The zero-order chi connectivity index (χ0) is 36.8. The van der Waals surface area contributed by atoms with Crippen LogP contribution in [0.1, 0.15) is 103 Å². The van der Waals surface area contributed by atoms with Gasteiger partial charge in [-0.1, -0.05) is 44.2 Å². The third kappa shape index (κ3) is 6.98. The van der Waals surface area contributed by atoms with Crippen LogP contribution in [0.5, 0.6) is 5.75 Å². The molecule has 2 N–H and O–H groups in total. The number of phenols is 1. The number of aromatic nitrogens is 1. The van der Waals surface area contributed by atoms with Gasteiger partial charge in [0.2, 0.25) is 11.8 Å². The van der Waals surface area contributed by atoms with E-state index < -0.39 is 6.04 Å². The molecule has 2 aromatic carbocycles. The van der Waals surface area contributed by atoms with Crippen LogP contribution in [0, 0.1) is 17.8 Å². The topological polar surface area (TPSA) is 109 Å². The number of amides is 3. The quantitative estimate of drug-likeness (QED) is 0.291. The summed E-state index contributed by atoms with van der Waals surface area (Å²) in [5.74, 6) is 3.17. The Bertz CT molecular complexity index is 1880. The minimum atomic E-state index is -0.584. The second-order valence-electron chi connectivity index (χ2n) is 16.9. The van der Waals surface area contributed by atoms with Gasteiger partial charge in [-0.25, -0.2) is 4.98 Å². The molecule has 4 aliphatic heterocycles. The number of aromatic hydroxyl groups is 1. The van der Waals surface area contributed by atoms with E-state index in [1.807, 2.05) is 24.3 Å². The van der Waals surface area contributed by atoms with Gasteiger partial charge in [0.05, 0.1) is 0 Å². The molecule has 4 fully saturated rings. The van der Waals surface area contributed by atoms with Crippen LogP contribution in [-0.4, -0.2) is 89.5 Å². The summed E-state index contributed by atoms with van der Waals surface area (Å²) in [5, 5.41) is 12.6. The molecule has 0 bridgehead atoms. The predicted octanol–water partition coefficient (Wildman–Crippen LogP) is 5.86. The molecular formula is C44H54N6O4. The molecule has 0 radical (unpaired) electrons. The highest BCUT2D eigenvalue weighted by Crippen LogP contribution is 2.48. The summed E-state index contributed by atoms with van der Waals surface area (Å²) in [6.45, 7) is 7.57. The highest BCUT2D eigenvalue weighted by Gasteiger charge is 2.40. The molecule has 54 heavy (non-hydrogen) atoms. The number of nitrogens with zero attached hydrogens (tertiary/aromatic N) is 5. The maximum atomic E-state index is 13.2. The number of phenolic OH excluding ortho intramolecular Hbond substituents is 1. The van der Waals surface area contributed by atoms with Crippen molar-refractivity contribution in [2.24, 2.45) is 17.8 Å². The van der Waals surface area contributed by atoms with Gasteiger partial charge in [0.1, 0.15) is 17.6 Å². The zero-order valence-corrected chi connectivity index (χ0v) is 31.4. The Kier molecular flexibility index (Phi) is 9.80. The van der Waals surface area contributed by atoms with Crippen LogP contribution in [0.2, 0.25) is 0 Å². The first-order valence-corrected chi connectivity index (χ1v) is 20.7. The van der Waals surface area contributed by atoms with Crippen molar-refractivity contribution < 1.29 is 19.5 Å². The van der Waals surface area contributed by atoms with E-state index in [2.05, 4.69) is 50.5 Å². The number of benzene rings is 2. The number of carbonyl (C=O) groups is 3. The fourth-order valence-corrected chi connectivity index (χ4v) is 10.8. The number of hydrogen-bond donors (Lipinski definition) is 2. The molecule has 284 valence electrons. The van der Waals surface area contributed by atoms with Crippen molar-refractivity contribution >= 4 is 29.2 Å². The highest BCUT2D eigenvalue weighted by molar-refractivity contribution is 6.05. The molecule has 9 rings (SSSR count). The molecule has 3 amide bonds. The van der Waals surface area contributed by atoms with E-state index in [4.69, 9.17) is 4.98 Å². The molecule has 6 aliphatic rings. The lowest BCUT2D eigenvalue weighted by Gasteiger charge is -2.41. The maximum absolute atomic E-state index is 13.2. The fourth-order valence-electron chi connectivity index (χ4n) is 10.8. The number of nitrogens with one attached hydrogen (secondary N) is 1. The molecule has 10 nitrogen and oxygen atoms in total. The van der Waals surface area contributed by atoms with Crippen LogP contribution in [0.25, 0.3) is 0 Å². The number of carbonyl (C=O) groups excluding carboxylic acids is 3. The van der Waals surface area contributed by atoms with Crippen molar-refractivity contribution in [2.45, 2.75) is 89.1 Å². The van der Waals surface area contributed by atoms with E-state index in [0.29, 0.717) is 42.0 Å². The summed E-state index contributed by atoms with van der Waals surface area (Å²) < 4.78 is 0. The number of rotatable bonds is 7. The molecular weight excluding hydrogens is 677 g/mol. The van der Waals surface area contributed by atoms with E-state index in [-0.39, 0.29) is 24.1 Å². The smallest absolute Gasteiger partial charge is 0.255 e. The number of anilines is 2. The van der Waals surface area contributed by atoms with Crippen LogP contribution in [0.4, 0.5) is 11.5 Å². The van der Waals surface area contributed by atoms with Crippen molar-refractivity contribution in [3.63, 3.8) is 0 Å². The lowest BCUT2D eigenvalue weighted by Crippen LogP contribution is -2.52. The monoisotopic (exact) mass is 730 g/mol. The Labute approximate surface area is 318 Å². The predicted molar refractivity (Wildman–Crippen MR) is 209 cm³/mol. The maximum Gasteiger partial charge on any atom is 0.255 e. The number of piperazine rings is 1. The van der Waals surface area contributed by atoms with Gasteiger partial charge in [-0.05, 0) is 109 Å². The van der Waals surface area contributed by atoms with E-state index in [1.54, 1.807) is 4.90 Å². The van der Waals surface area contributed by atoms with Gasteiger partial charge in [0.25, 0.3) is 5.91 Å². The van der Waals surface area contributed by atoms with Crippen molar-refractivity contribution in [2.75, 3.05) is 55.6 Å². The van der Waals surface area contributed by atoms with Gasteiger partial charge in [0.15, 0.2) is 0 Å². The standard InChI is InChI=1S/C44H54N6O4/c51-35-9-12-37-31(25-35)6-10-36(30-4-2-1-3-5-30)42(37)32-7-14-40(45-26-32)49-18-16-29(17-19-49)27-47-20-22-48(23-21-47)34-8-11-38-33(24-34)28-50(44(38)54)39-13-15-41(52)46-43(39)53/h7-9,11-12,14,24-26,29-30,36,39,42,51H,1-6,10,13,15-23,27-28H2,(H,46,52,53)/t36-,39-,42+/m0/s1. The second-order valence-corrected chi connectivity index (χ2v) is 16.9. The summed E-state index contributed by atoms with van der Waals surface area (Å²) in [6.07, 6.45) is 14.2. The second kappa shape index (κ2) is 15.0. The first-order valence-electron chi connectivity index (χ1n) is 20.7. The third-order valence-electron chi connectivity index (χ3n) is 13.7. The SMILES string of the molecule is O=C1CC[C@H](N2Cc3cc(N4CCN(CC5CCN(c6ccc([C@H]7c8ccc(O)cc8CC[C@H]7C7CCCCC7)cn6)CC5)CC4)ccc3C2=O)C(=O)N1. The zero-order valence-electron chi connectivity index (χ0n) is 31.4. The molecule has 0 unspecified atom stereocenters. The van der Waals surface area contributed by atoms with E-state index >= 15 is 0 Å². The summed E-state index contributed by atoms with van der Waals surface area (Å²) in [7, 11) is 0. The normalized spacial score (nSPS) is 25.8. The summed E-state index contributed by atoms with van der Waals surface area (Å²) in [5.41, 5.74) is 6.80. The van der Waals surface area contributed by atoms with Crippen molar-refractivity contribution in [1.29, 1.82) is 0 Å². The lowest BCUT2D eigenvalue weighted by atomic mass is 9.64. The minimum absolute atomic E-state index is 0.120. The molecule has 2 aliphatic carbocycles. The fraction of sp³-hybridized carbons (Fsp3) is 0.545. The average molecular weight is 731 g/mol. The third-order valence-corrected chi connectivity index (χ3v) is 13.7.